The van der Waals surface area contributed by atoms with Gasteiger partial charge in [-0.1, -0.05) is 12.1 Å². The zero-order valence-corrected chi connectivity index (χ0v) is 12.7. The van der Waals surface area contributed by atoms with Gasteiger partial charge in [-0.05, 0) is 30.7 Å². The summed E-state index contributed by atoms with van der Waals surface area (Å²) in [4.78, 5) is 14.2. The number of nitrogens with zero attached hydrogens (tertiary/aromatic N) is 2. The molecule has 2 rings (SSSR count). The van der Waals surface area contributed by atoms with Gasteiger partial charge in [-0.25, -0.2) is 0 Å². The van der Waals surface area contributed by atoms with E-state index in [-0.39, 0.29) is 5.91 Å². The van der Waals surface area contributed by atoms with E-state index in [2.05, 4.69) is 0 Å². The molecule has 5 nitrogen and oxygen atoms in total. The second-order valence-electron chi connectivity index (χ2n) is 4.95. The molecular formula is C16H21N3O2. The Kier molecular flexibility index (Phi) is 4.52. The minimum absolute atomic E-state index is 0.0376. The zero-order chi connectivity index (χ0) is 15.4. The highest BCUT2D eigenvalue weighted by Gasteiger charge is 2.16. The van der Waals surface area contributed by atoms with Crippen molar-refractivity contribution in [3.05, 3.63) is 47.8 Å². The number of aromatic nitrogens is 1. The van der Waals surface area contributed by atoms with Gasteiger partial charge in [-0.2, -0.15) is 0 Å². The molecule has 21 heavy (non-hydrogen) atoms. The molecule has 0 aliphatic heterocycles. The van der Waals surface area contributed by atoms with Crippen molar-refractivity contribution in [2.75, 3.05) is 19.9 Å². The molecule has 0 spiro atoms. The molecule has 1 heterocycles. The fourth-order valence-corrected chi connectivity index (χ4v) is 2.25. The Hall–Kier alpha value is -2.43. The summed E-state index contributed by atoms with van der Waals surface area (Å²) in [7, 11) is 3.42. The summed E-state index contributed by atoms with van der Waals surface area (Å²) >= 11 is 0. The molecule has 0 aliphatic carbocycles. The Bertz CT molecular complexity index is 617. The Balaban J connectivity index is 2.11. The summed E-state index contributed by atoms with van der Waals surface area (Å²) in [5.74, 6) is 0.768. The number of rotatable bonds is 5. The van der Waals surface area contributed by atoms with Crippen molar-refractivity contribution in [1.82, 2.24) is 9.47 Å². The lowest BCUT2D eigenvalue weighted by Gasteiger charge is -2.18. The average molecular weight is 287 g/mol. The highest BCUT2D eigenvalue weighted by Crippen LogP contribution is 2.16. The number of carbonyl (C=O) groups is 1. The highest BCUT2D eigenvalue weighted by atomic mass is 16.5. The third-order valence-corrected chi connectivity index (χ3v) is 3.40. The number of nitrogen functional groups attached to an aromatic ring is 1. The lowest BCUT2D eigenvalue weighted by atomic mass is 10.2. The van der Waals surface area contributed by atoms with Crippen molar-refractivity contribution >= 4 is 11.6 Å². The first-order valence-corrected chi connectivity index (χ1v) is 6.89. The summed E-state index contributed by atoms with van der Waals surface area (Å²) in [5, 5.41) is 0. The normalized spacial score (nSPS) is 10.4. The third kappa shape index (κ3) is 3.37. The monoisotopic (exact) mass is 287 g/mol. The summed E-state index contributed by atoms with van der Waals surface area (Å²) in [6, 6.07) is 9.41. The second-order valence-corrected chi connectivity index (χ2v) is 4.95. The second kappa shape index (κ2) is 6.35. The molecule has 5 heteroatoms. The van der Waals surface area contributed by atoms with Crippen molar-refractivity contribution < 1.29 is 9.53 Å². The highest BCUT2D eigenvalue weighted by molar-refractivity contribution is 5.93. The molecule has 112 valence electrons. The van der Waals surface area contributed by atoms with Gasteiger partial charge >= 0.3 is 0 Å². The standard InChI is InChI=1S/C16H21N3O2/c1-4-19-11-13(17)9-15(19)16(20)18(2)10-12-5-7-14(21-3)8-6-12/h5-9,11H,4,10,17H2,1-3H3. The van der Waals surface area contributed by atoms with Crippen LogP contribution in [-0.4, -0.2) is 29.5 Å². The van der Waals surface area contributed by atoms with Crippen LogP contribution in [0.4, 0.5) is 5.69 Å². The van der Waals surface area contributed by atoms with Crippen molar-refractivity contribution in [2.24, 2.45) is 0 Å². The molecule has 0 radical (unpaired) electrons. The van der Waals surface area contributed by atoms with E-state index in [1.807, 2.05) is 35.8 Å². The van der Waals surface area contributed by atoms with Crippen LogP contribution in [-0.2, 0) is 13.1 Å². The van der Waals surface area contributed by atoms with E-state index in [9.17, 15) is 4.79 Å². The minimum Gasteiger partial charge on any atom is -0.497 e. The third-order valence-electron chi connectivity index (χ3n) is 3.40. The molecule has 1 aromatic heterocycles. The number of benzene rings is 1. The maximum atomic E-state index is 12.5. The van der Waals surface area contributed by atoms with Crippen LogP contribution >= 0.6 is 0 Å². The van der Waals surface area contributed by atoms with Crippen LogP contribution in [0.1, 0.15) is 23.0 Å². The first kappa shape index (κ1) is 15.0. The summed E-state index contributed by atoms with van der Waals surface area (Å²) in [5.41, 5.74) is 8.05. The molecule has 2 N–H and O–H groups in total. The van der Waals surface area contributed by atoms with Crippen molar-refractivity contribution in [3.63, 3.8) is 0 Å². The van der Waals surface area contributed by atoms with Gasteiger partial charge in [0.15, 0.2) is 0 Å². The Morgan fingerprint density at radius 3 is 2.57 bits per heavy atom. The van der Waals surface area contributed by atoms with E-state index in [1.54, 1.807) is 31.3 Å². The lowest BCUT2D eigenvalue weighted by molar-refractivity contribution is 0.0774. The van der Waals surface area contributed by atoms with Gasteiger partial charge < -0.3 is 19.9 Å². The molecule has 1 amide bonds. The minimum atomic E-state index is -0.0376. The van der Waals surface area contributed by atoms with E-state index in [1.165, 1.54) is 0 Å². The maximum absolute atomic E-state index is 12.5. The molecule has 0 atom stereocenters. The molecule has 0 saturated carbocycles. The molecule has 2 aromatic rings. The molecule has 0 fully saturated rings. The molecule has 0 unspecified atom stereocenters. The van der Waals surface area contributed by atoms with E-state index < -0.39 is 0 Å². The van der Waals surface area contributed by atoms with E-state index in [0.29, 0.717) is 24.5 Å². The van der Waals surface area contributed by atoms with Gasteiger partial charge in [0, 0.05) is 26.3 Å². The molecule has 0 saturated heterocycles. The fourth-order valence-electron chi connectivity index (χ4n) is 2.25. The Labute approximate surface area is 124 Å². The Morgan fingerprint density at radius 1 is 1.33 bits per heavy atom. The smallest absolute Gasteiger partial charge is 0.270 e. The van der Waals surface area contributed by atoms with E-state index >= 15 is 0 Å². The van der Waals surface area contributed by atoms with Crippen molar-refractivity contribution in [1.29, 1.82) is 0 Å². The van der Waals surface area contributed by atoms with E-state index in [4.69, 9.17) is 10.5 Å². The number of aryl methyl sites for hydroxylation is 1. The number of hydrogen-bond donors (Lipinski definition) is 1. The number of nitrogens with two attached hydrogens (primary N) is 1. The zero-order valence-electron chi connectivity index (χ0n) is 12.7. The molecular weight excluding hydrogens is 266 g/mol. The topological polar surface area (TPSA) is 60.5 Å². The first-order valence-electron chi connectivity index (χ1n) is 6.89. The van der Waals surface area contributed by atoms with Gasteiger partial charge in [0.2, 0.25) is 0 Å². The number of anilines is 1. The van der Waals surface area contributed by atoms with Crippen LogP contribution in [0.15, 0.2) is 36.5 Å². The molecule has 1 aromatic carbocycles. The van der Waals surface area contributed by atoms with Gasteiger partial charge in [0.1, 0.15) is 11.4 Å². The fraction of sp³-hybridized carbons (Fsp3) is 0.312. The molecule has 0 aliphatic rings. The summed E-state index contributed by atoms with van der Waals surface area (Å²) in [6.07, 6.45) is 1.79. The van der Waals surface area contributed by atoms with Gasteiger partial charge in [0.05, 0.1) is 12.8 Å². The lowest BCUT2D eigenvalue weighted by Crippen LogP contribution is -2.28. The van der Waals surface area contributed by atoms with Crippen LogP contribution in [0.3, 0.4) is 0 Å². The number of ether oxygens (including phenoxy) is 1. The summed E-state index contributed by atoms with van der Waals surface area (Å²) < 4.78 is 6.99. The number of amides is 1. The number of methoxy groups -OCH3 is 1. The van der Waals surface area contributed by atoms with Crippen LogP contribution in [0.2, 0.25) is 0 Å². The van der Waals surface area contributed by atoms with Crippen LogP contribution in [0, 0.1) is 0 Å². The predicted molar refractivity (Wildman–Crippen MR) is 83.3 cm³/mol. The van der Waals surface area contributed by atoms with Crippen LogP contribution in [0.5, 0.6) is 5.75 Å². The van der Waals surface area contributed by atoms with Gasteiger partial charge in [0.25, 0.3) is 5.91 Å². The largest absolute Gasteiger partial charge is 0.497 e. The number of carbonyl (C=O) groups excluding carboxylic acids is 1. The average Bonchev–Trinajstić information content (AvgIpc) is 2.88. The van der Waals surface area contributed by atoms with E-state index in [0.717, 1.165) is 11.3 Å². The maximum Gasteiger partial charge on any atom is 0.270 e. The number of hydrogen-bond acceptors (Lipinski definition) is 3. The van der Waals surface area contributed by atoms with Crippen LogP contribution in [0.25, 0.3) is 0 Å². The van der Waals surface area contributed by atoms with Crippen LogP contribution < -0.4 is 10.5 Å². The predicted octanol–water partition coefficient (Wildman–Crippen LogP) is 2.37. The van der Waals surface area contributed by atoms with Crippen molar-refractivity contribution in [3.8, 4) is 5.75 Å². The SMILES string of the molecule is CCn1cc(N)cc1C(=O)N(C)Cc1ccc(OC)cc1. The van der Waals surface area contributed by atoms with Gasteiger partial charge in [-0.15, -0.1) is 0 Å². The van der Waals surface area contributed by atoms with Crippen molar-refractivity contribution in [2.45, 2.75) is 20.0 Å². The quantitative estimate of drug-likeness (QED) is 0.918. The molecule has 0 bridgehead atoms. The van der Waals surface area contributed by atoms with Gasteiger partial charge in [-0.3, -0.25) is 4.79 Å². The first-order chi connectivity index (χ1) is 10.0. The Morgan fingerprint density at radius 2 is 2.00 bits per heavy atom. The summed E-state index contributed by atoms with van der Waals surface area (Å²) in [6.45, 7) is 3.24.